The van der Waals surface area contributed by atoms with Gasteiger partial charge in [-0.15, -0.1) is 0 Å². The molecule has 0 saturated heterocycles. The molecule has 31 heavy (non-hydrogen) atoms. The summed E-state index contributed by atoms with van der Waals surface area (Å²) in [6.45, 7) is 5.76. The van der Waals surface area contributed by atoms with Crippen LogP contribution in [-0.2, 0) is 0 Å². The van der Waals surface area contributed by atoms with Crippen LogP contribution in [0, 0.1) is 0 Å². The lowest BCUT2D eigenvalue weighted by Crippen LogP contribution is -2.16. The van der Waals surface area contributed by atoms with Crippen molar-refractivity contribution in [3.05, 3.63) is 72.6 Å². The number of aromatic nitrogens is 5. The fourth-order valence-electron chi connectivity index (χ4n) is 3.49. The number of nitrogens with zero attached hydrogens (tertiary/aromatic N) is 3. The van der Waals surface area contributed by atoms with Crippen molar-refractivity contribution in [1.82, 2.24) is 24.7 Å². The Morgan fingerprint density at radius 1 is 1.16 bits per heavy atom. The highest BCUT2D eigenvalue weighted by atomic mass is 35.5. The fourth-order valence-corrected chi connectivity index (χ4v) is 4.50. The molecule has 3 aromatic heterocycles. The van der Waals surface area contributed by atoms with Crippen LogP contribution in [0.4, 0.5) is 0 Å². The van der Waals surface area contributed by atoms with Crippen molar-refractivity contribution in [2.24, 2.45) is 0 Å². The van der Waals surface area contributed by atoms with Gasteiger partial charge in [-0.1, -0.05) is 48.7 Å². The second-order valence-corrected chi connectivity index (χ2v) is 8.68. The van der Waals surface area contributed by atoms with E-state index in [1.807, 2.05) is 32.9 Å². The van der Waals surface area contributed by atoms with Crippen molar-refractivity contribution in [2.45, 2.75) is 32.6 Å². The summed E-state index contributed by atoms with van der Waals surface area (Å²) in [7, 11) is 0. The van der Waals surface area contributed by atoms with E-state index in [1.54, 1.807) is 6.20 Å². The van der Waals surface area contributed by atoms with Crippen molar-refractivity contribution in [1.29, 1.82) is 0 Å². The Morgan fingerprint density at radius 2 is 1.90 bits per heavy atom. The predicted octanol–water partition coefficient (Wildman–Crippen LogP) is 5.48. The molecule has 0 aliphatic heterocycles. The quantitative estimate of drug-likeness (QED) is 0.371. The van der Waals surface area contributed by atoms with Gasteiger partial charge in [-0.25, -0.2) is 9.67 Å². The van der Waals surface area contributed by atoms with Crippen molar-refractivity contribution in [3.8, 4) is 5.69 Å². The molecule has 0 bridgehead atoms. The number of carbonyl (C=O) groups is 1. The van der Waals surface area contributed by atoms with Crippen LogP contribution in [0.15, 0.2) is 29.2 Å². The van der Waals surface area contributed by atoms with E-state index in [-0.39, 0.29) is 43.7 Å². The Hall–Kier alpha value is -2.61. The maximum Gasteiger partial charge on any atom is 0.262 e. The maximum absolute atomic E-state index is 13.1. The van der Waals surface area contributed by atoms with Gasteiger partial charge in [-0.05, 0) is 31.0 Å². The topological polar surface area (TPSA) is 96.4 Å². The molecule has 4 rings (SSSR count). The average Bonchev–Trinajstić information content (AvgIpc) is 3.36. The summed E-state index contributed by atoms with van der Waals surface area (Å²) in [5.74, 6) is 0.168. The third kappa shape index (κ3) is 3.56. The molecule has 2 N–H and O–H groups in total. The minimum atomic E-state index is -0.315. The van der Waals surface area contributed by atoms with Crippen molar-refractivity contribution >= 4 is 52.1 Å². The molecule has 0 saturated carbocycles. The second kappa shape index (κ2) is 8.15. The lowest BCUT2D eigenvalue weighted by atomic mass is 10.1. The minimum Gasteiger partial charge on any atom is -0.364 e. The van der Waals surface area contributed by atoms with Gasteiger partial charge in [0.25, 0.3) is 5.56 Å². The van der Waals surface area contributed by atoms with Crippen LogP contribution < -0.4 is 5.56 Å². The first-order valence-corrected chi connectivity index (χ1v) is 10.7. The van der Waals surface area contributed by atoms with Gasteiger partial charge in [0.2, 0.25) is 0 Å². The number of nitrogens with one attached hydrogen (secondary N) is 2. The first kappa shape index (κ1) is 21.6. The number of H-pyrrole nitrogens is 2. The Bertz CT molecular complexity index is 1360. The molecule has 0 aliphatic rings. The van der Waals surface area contributed by atoms with Crippen LogP contribution in [0.2, 0.25) is 15.1 Å². The van der Waals surface area contributed by atoms with E-state index >= 15 is 0 Å². The highest BCUT2D eigenvalue weighted by molar-refractivity contribution is 6.43. The average molecular weight is 479 g/mol. The first-order chi connectivity index (χ1) is 14.7. The number of halogens is 3. The Labute approximate surface area is 192 Å². The molecular weight excluding hydrogens is 461 g/mol. The van der Waals surface area contributed by atoms with E-state index in [0.29, 0.717) is 28.8 Å². The van der Waals surface area contributed by atoms with Crippen LogP contribution in [-0.4, -0.2) is 31.0 Å². The van der Waals surface area contributed by atoms with Gasteiger partial charge in [0, 0.05) is 11.9 Å². The zero-order chi connectivity index (χ0) is 22.4. The normalized spacial score (nSPS) is 12.6. The molecule has 0 spiro atoms. The zero-order valence-electron chi connectivity index (χ0n) is 16.8. The largest absolute Gasteiger partial charge is 0.364 e. The van der Waals surface area contributed by atoms with Crippen molar-refractivity contribution in [2.75, 3.05) is 0 Å². The summed E-state index contributed by atoms with van der Waals surface area (Å²) < 4.78 is 1.42. The lowest BCUT2D eigenvalue weighted by Gasteiger charge is -2.13. The summed E-state index contributed by atoms with van der Waals surface area (Å²) in [4.78, 5) is 35.3. The molecule has 1 atom stereocenters. The van der Waals surface area contributed by atoms with Crippen LogP contribution >= 0.6 is 34.8 Å². The molecule has 10 heteroatoms. The molecule has 0 radical (unpaired) electrons. The van der Waals surface area contributed by atoms with Gasteiger partial charge in [-0.3, -0.25) is 9.59 Å². The number of aldehydes is 1. The molecule has 4 aromatic rings. The third-order valence-electron chi connectivity index (χ3n) is 5.14. The number of hydrogen-bond donors (Lipinski definition) is 2. The Kier molecular flexibility index (Phi) is 5.68. The van der Waals surface area contributed by atoms with E-state index in [4.69, 9.17) is 39.8 Å². The number of aromatic amines is 2. The summed E-state index contributed by atoms with van der Waals surface area (Å²) in [6.07, 6.45) is 2.36. The van der Waals surface area contributed by atoms with E-state index in [2.05, 4.69) is 15.1 Å². The molecular formula is C21H18Cl3N5O2. The summed E-state index contributed by atoms with van der Waals surface area (Å²) in [6, 6.07) is 5.21. The Balaban J connectivity index is 2.07. The van der Waals surface area contributed by atoms with Gasteiger partial charge in [0.1, 0.15) is 16.9 Å². The Morgan fingerprint density at radius 3 is 2.52 bits per heavy atom. The number of carbonyl (C=O) groups excluding carboxylic acids is 1. The SMILES string of the molecule is CC(C)c1nn(-c2c(Cl)cc(Cl)c(C=O)c2Cl)c2nc(C(C)c3ccc[nH]3)[nH]c(=O)c12. The number of benzene rings is 1. The lowest BCUT2D eigenvalue weighted by molar-refractivity contribution is 0.112. The monoisotopic (exact) mass is 477 g/mol. The van der Waals surface area contributed by atoms with E-state index in [1.165, 1.54) is 10.7 Å². The number of hydrogen-bond acceptors (Lipinski definition) is 4. The van der Waals surface area contributed by atoms with Crippen molar-refractivity contribution in [3.63, 3.8) is 0 Å². The first-order valence-electron chi connectivity index (χ1n) is 9.53. The molecule has 0 aliphatic carbocycles. The van der Waals surface area contributed by atoms with E-state index < -0.39 is 0 Å². The smallest absolute Gasteiger partial charge is 0.262 e. The van der Waals surface area contributed by atoms with Gasteiger partial charge < -0.3 is 9.97 Å². The van der Waals surface area contributed by atoms with Gasteiger partial charge in [0.15, 0.2) is 11.9 Å². The molecule has 1 aromatic carbocycles. The summed E-state index contributed by atoms with van der Waals surface area (Å²) in [5.41, 5.74) is 1.74. The van der Waals surface area contributed by atoms with Crippen LogP contribution in [0.5, 0.6) is 0 Å². The van der Waals surface area contributed by atoms with E-state index in [9.17, 15) is 9.59 Å². The highest BCUT2D eigenvalue weighted by Crippen LogP contribution is 2.37. The summed E-state index contributed by atoms with van der Waals surface area (Å²) in [5, 5.41) is 5.29. The molecule has 160 valence electrons. The molecule has 0 fully saturated rings. The minimum absolute atomic E-state index is 0.0354. The maximum atomic E-state index is 13.1. The van der Waals surface area contributed by atoms with Crippen molar-refractivity contribution < 1.29 is 4.79 Å². The molecule has 3 heterocycles. The van der Waals surface area contributed by atoms with Crippen LogP contribution in [0.25, 0.3) is 16.7 Å². The summed E-state index contributed by atoms with van der Waals surface area (Å²) >= 11 is 19.0. The predicted molar refractivity (Wildman–Crippen MR) is 122 cm³/mol. The number of rotatable bonds is 5. The van der Waals surface area contributed by atoms with Gasteiger partial charge in [-0.2, -0.15) is 5.10 Å². The molecule has 1 unspecified atom stereocenters. The highest BCUT2D eigenvalue weighted by Gasteiger charge is 2.25. The van der Waals surface area contributed by atoms with E-state index in [0.717, 1.165) is 5.69 Å². The van der Waals surface area contributed by atoms with Gasteiger partial charge >= 0.3 is 0 Å². The third-order valence-corrected chi connectivity index (χ3v) is 6.12. The molecule has 7 nitrogen and oxygen atoms in total. The standard InChI is InChI=1S/C21H18Cl3N5O2/c1-9(2)17-15-20(26-19(27-21(15)31)10(3)14-5-4-6-25-14)29(28-17)18-13(23)7-12(22)11(8-30)16(18)24/h4-10,25H,1-3H3,(H,26,27,31). The van der Waals surface area contributed by atoms with Gasteiger partial charge in [0.05, 0.1) is 32.2 Å². The van der Waals surface area contributed by atoms with Crippen LogP contribution in [0.1, 0.15) is 60.2 Å². The fraction of sp³-hybridized carbons (Fsp3) is 0.238. The second-order valence-electron chi connectivity index (χ2n) is 7.48. The molecule has 0 amide bonds. The van der Waals surface area contributed by atoms with Crippen LogP contribution in [0.3, 0.4) is 0 Å². The zero-order valence-corrected chi connectivity index (χ0v) is 19.1. The number of fused-ring (bicyclic) bond motifs is 1.